The molecule has 2 fully saturated rings. The molecule has 198 valence electrons. The van der Waals surface area contributed by atoms with E-state index in [0.717, 1.165) is 43.8 Å². The Hall–Kier alpha value is -3.71. The lowest BCUT2D eigenvalue weighted by Gasteiger charge is -2.32. The fourth-order valence-corrected chi connectivity index (χ4v) is 4.97. The van der Waals surface area contributed by atoms with Gasteiger partial charge in [-0.15, -0.1) is 0 Å². The molecule has 2 aliphatic rings. The Morgan fingerprint density at radius 2 is 2.00 bits per heavy atom. The molecule has 0 spiro atoms. The van der Waals surface area contributed by atoms with E-state index in [4.69, 9.17) is 4.42 Å². The molecule has 2 N–H and O–H groups in total. The Morgan fingerprint density at radius 3 is 2.68 bits per heavy atom. The van der Waals surface area contributed by atoms with E-state index in [1.54, 1.807) is 30.5 Å². The fourth-order valence-electron chi connectivity index (χ4n) is 4.30. The molecule has 2 aliphatic heterocycles. The van der Waals surface area contributed by atoms with Gasteiger partial charge in [0.15, 0.2) is 0 Å². The predicted octanol–water partition coefficient (Wildman–Crippen LogP) is 4.48. The van der Waals surface area contributed by atoms with E-state index in [9.17, 15) is 22.8 Å². The second kappa shape index (κ2) is 11.0. The number of anilines is 1. The van der Waals surface area contributed by atoms with E-state index in [1.165, 1.54) is 12.5 Å². The number of hydrogen-bond donors (Lipinski definition) is 2. The lowest BCUT2D eigenvalue weighted by atomic mass is 9.97. The highest BCUT2D eigenvalue weighted by Crippen LogP contribution is 2.31. The Morgan fingerprint density at radius 1 is 1.18 bits per heavy atom. The maximum atomic E-state index is 13.4. The number of aromatic nitrogens is 3. The van der Waals surface area contributed by atoms with Crippen LogP contribution in [0.25, 0.3) is 17.3 Å². The summed E-state index contributed by atoms with van der Waals surface area (Å²) in [5.41, 5.74) is 0.812. The number of imide groups is 1. The molecule has 5 rings (SSSR count). The van der Waals surface area contributed by atoms with E-state index in [1.807, 2.05) is 0 Å². The Labute approximate surface area is 219 Å². The number of halogens is 3. The van der Waals surface area contributed by atoms with Gasteiger partial charge in [-0.3, -0.25) is 14.9 Å². The Bertz CT molecular complexity index is 1350. The van der Waals surface area contributed by atoms with Crippen molar-refractivity contribution in [2.24, 2.45) is 5.92 Å². The first-order valence-electron chi connectivity index (χ1n) is 11.9. The molecule has 3 aromatic heterocycles. The SMILES string of the molecule is O=C1NC(=O)C(=Cc2ccnc(N3CCC(CNCc4cc(-c5ccoc5)nc(C(F)(F)F)c4)CC3)n2)S1. The first-order valence-corrected chi connectivity index (χ1v) is 12.7. The minimum absolute atomic E-state index is 0.218. The average molecular weight is 545 g/mol. The van der Waals surface area contributed by atoms with Gasteiger partial charge >= 0.3 is 6.18 Å². The van der Waals surface area contributed by atoms with Crippen molar-refractivity contribution in [3.63, 3.8) is 0 Å². The molecule has 13 heteroatoms. The van der Waals surface area contributed by atoms with Gasteiger partial charge in [-0.2, -0.15) is 13.2 Å². The molecule has 5 heterocycles. The molecule has 38 heavy (non-hydrogen) atoms. The van der Waals surface area contributed by atoms with E-state index in [2.05, 4.69) is 30.5 Å². The molecule has 0 aromatic carbocycles. The highest BCUT2D eigenvalue weighted by molar-refractivity contribution is 8.18. The summed E-state index contributed by atoms with van der Waals surface area (Å²) in [5.74, 6) is 0.453. The number of nitrogens with one attached hydrogen (secondary N) is 2. The molecule has 2 saturated heterocycles. The van der Waals surface area contributed by atoms with Gasteiger partial charge in [0.2, 0.25) is 5.95 Å². The van der Waals surface area contributed by atoms with Crippen LogP contribution in [0.2, 0.25) is 0 Å². The van der Waals surface area contributed by atoms with Crippen LogP contribution >= 0.6 is 11.8 Å². The van der Waals surface area contributed by atoms with E-state index >= 15 is 0 Å². The monoisotopic (exact) mass is 544 g/mol. The molecule has 9 nitrogen and oxygen atoms in total. The van der Waals surface area contributed by atoms with Crippen LogP contribution in [0.5, 0.6) is 0 Å². The van der Waals surface area contributed by atoms with E-state index < -0.39 is 23.0 Å². The largest absolute Gasteiger partial charge is 0.472 e. The third-order valence-corrected chi connectivity index (χ3v) is 7.05. The molecule has 2 amide bonds. The summed E-state index contributed by atoms with van der Waals surface area (Å²) < 4.78 is 45.1. The highest BCUT2D eigenvalue weighted by atomic mass is 32.2. The number of rotatable bonds is 7. The van der Waals surface area contributed by atoms with Gasteiger partial charge < -0.3 is 14.6 Å². The van der Waals surface area contributed by atoms with Crippen molar-refractivity contribution < 1.29 is 27.2 Å². The number of carbonyl (C=O) groups excluding carboxylic acids is 2. The zero-order valence-corrected chi connectivity index (χ0v) is 20.8. The number of carbonyl (C=O) groups is 2. The third kappa shape index (κ3) is 6.22. The minimum atomic E-state index is -4.54. The number of thioether (sulfide) groups is 1. The molecule has 0 bridgehead atoms. The van der Waals surface area contributed by atoms with E-state index in [0.29, 0.717) is 35.2 Å². The van der Waals surface area contributed by atoms with Crippen LogP contribution in [0, 0.1) is 5.92 Å². The molecular formula is C25H23F3N6O3S. The highest BCUT2D eigenvalue weighted by Gasteiger charge is 2.33. The summed E-state index contributed by atoms with van der Waals surface area (Å²) >= 11 is 0.835. The molecule has 0 unspecified atom stereocenters. The first-order chi connectivity index (χ1) is 18.2. The number of alkyl halides is 3. The van der Waals surface area contributed by atoms with Crippen molar-refractivity contribution in [3.05, 3.63) is 64.8 Å². The zero-order valence-electron chi connectivity index (χ0n) is 20.0. The lowest BCUT2D eigenvalue weighted by molar-refractivity contribution is -0.141. The van der Waals surface area contributed by atoms with Crippen LogP contribution in [0.4, 0.5) is 23.9 Å². The van der Waals surface area contributed by atoms with Crippen LogP contribution < -0.4 is 15.5 Å². The topological polar surface area (TPSA) is 113 Å². The van der Waals surface area contributed by atoms with Gasteiger partial charge in [0, 0.05) is 31.4 Å². The number of pyridine rings is 1. The van der Waals surface area contributed by atoms with Crippen LogP contribution in [0.3, 0.4) is 0 Å². The smallest absolute Gasteiger partial charge is 0.433 e. The Balaban J connectivity index is 1.16. The van der Waals surface area contributed by atoms with Crippen molar-refractivity contribution in [3.8, 4) is 11.3 Å². The standard InChI is InChI=1S/C25H23F3N6O3S/c26-25(27,28)21-10-16(9-19(32-21)17-4-8-37-14-17)13-29-12-15-2-6-34(7-3-15)23-30-5-1-18(31-23)11-20-22(35)33-24(36)38-20/h1,4-5,8-11,14-15,29H,2-3,6-7,12-13H2,(H,33,35,36). The van der Waals surface area contributed by atoms with Crippen LogP contribution in [-0.4, -0.2) is 45.7 Å². The summed E-state index contributed by atoms with van der Waals surface area (Å²) in [4.78, 5) is 38.1. The van der Waals surface area contributed by atoms with E-state index in [-0.39, 0.29) is 17.1 Å². The van der Waals surface area contributed by atoms with Crippen LogP contribution in [-0.2, 0) is 17.5 Å². The second-order valence-electron chi connectivity index (χ2n) is 8.95. The summed E-state index contributed by atoms with van der Waals surface area (Å²) in [6, 6.07) is 5.96. The summed E-state index contributed by atoms with van der Waals surface area (Å²) in [6.07, 6.45) is 3.12. The number of amides is 2. The van der Waals surface area contributed by atoms with Crippen molar-refractivity contribution >= 4 is 34.9 Å². The quantitative estimate of drug-likeness (QED) is 0.416. The van der Waals surface area contributed by atoms with Gasteiger partial charge in [0.25, 0.3) is 11.1 Å². The number of hydrogen-bond acceptors (Lipinski definition) is 9. The summed E-state index contributed by atoms with van der Waals surface area (Å²) in [6.45, 7) is 2.38. The summed E-state index contributed by atoms with van der Waals surface area (Å²) in [5, 5.41) is 5.10. The molecule has 0 radical (unpaired) electrons. The minimum Gasteiger partial charge on any atom is -0.472 e. The summed E-state index contributed by atoms with van der Waals surface area (Å²) in [7, 11) is 0. The van der Waals surface area contributed by atoms with Gasteiger partial charge in [0.1, 0.15) is 5.69 Å². The normalized spacial score (nSPS) is 17.9. The number of nitrogens with zero attached hydrogens (tertiary/aromatic N) is 4. The van der Waals surface area contributed by atoms with Crippen molar-refractivity contribution in [1.29, 1.82) is 0 Å². The van der Waals surface area contributed by atoms with Gasteiger partial charge in [-0.25, -0.2) is 15.0 Å². The maximum absolute atomic E-state index is 13.4. The first kappa shape index (κ1) is 25.9. The van der Waals surface area contributed by atoms with Crippen LogP contribution in [0.15, 0.2) is 52.3 Å². The predicted molar refractivity (Wildman–Crippen MR) is 135 cm³/mol. The molecule has 0 atom stereocenters. The molecule has 3 aromatic rings. The molecular weight excluding hydrogens is 521 g/mol. The average Bonchev–Trinajstić information content (AvgIpc) is 3.54. The third-order valence-electron chi connectivity index (χ3n) is 6.24. The zero-order chi connectivity index (χ0) is 26.7. The van der Waals surface area contributed by atoms with Gasteiger partial charge in [-0.05, 0) is 73.0 Å². The van der Waals surface area contributed by atoms with Gasteiger partial charge in [-0.1, -0.05) is 0 Å². The molecule has 0 aliphatic carbocycles. The van der Waals surface area contributed by atoms with Crippen molar-refractivity contribution in [1.82, 2.24) is 25.6 Å². The lowest BCUT2D eigenvalue weighted by Crippen LogP contribution is -2.38. The fraction of sp³-hybridized carbons (Fsp3) is 0.320. The van der Waals surface area contributed by atoms with Crippen molar-refractivity contribution in [2.75, 3.05) is 24.5 Å². The maximum Gasteiger partial charge on any atom is 0.433 e. The van der Waals surface area contributed by atoms with Gasteiger partial charge in [0.05, 0.1) is 28.8 Å². The Kier molecular flexibility index (Phi) is 7.47. The number of furan rings is 1. The second-order valence-corrected chi connectivity index (χ2v) is 9.97. The van der Waals surface area contributed by atoms with Crippen LogP contribution in [0.1, 0.15) is 29.8 Å². The molecule has 0 saturated carbocycles. The van der Waals surface area contributed by atoms with Crippen molar-refractivity contribution in [2.45, 2.75) is 25.6 Å². The number of piperidine rings is 1.